The van der Waals surface area contributed by atoms with Crippen LogP contribution in [0.4, 0.5) is 4.39 Å². The minimum Gasteiger partial charge on any atom is -0.490 e. The first-order valence-electron chi connectivity index (χ1n) is 12.5. The van der Waals surface area contributed by atoms with Gasteiger partial charge in [-0.25, -0.2) is 4.39 Å². The van der Waals surface area contributed by atoms with Crippen molar-refractivity contribution in [1.82, 2.24) is 4.90 Å². The maximum Gasteiger partial charge on any atom is 0.291 e. The second-order valence-electron chi connectivity index (χ2n) is 8.97. The highest BCUT2D eigenvalue weighted by Crippen LogP contribution is 2.41. The molecule has 0 saturated heterocycles. The number of amides is 1. The number of ether oxygens (including phenoxy) is 2. The molecule has 4 aromatic rings. The summed E-state index contributed by atoms with van der Waals surface area (Å²) in [5.74, 6) is 0.424. The molecule has 1 aromatic heterocycles. The van der Waals surface area contributed by atoms with Gasteiger partial charge in [0.1, 0.15) is 11.4 Å². The second kappa shape index (κ2) is 10.5. The van der Waals surface area contributed by atoms with Crippen LogP contribution in [0.2, 0.25) is 0 Å². The van der Waals surface area contributed by atoms with E-state index in [4.69, 9.17) is 13.9 Å². The monoisotopic (exact) mass is 501 g/mol. The molecule has 0 spiro atoms. The van der Waals surface area contributed by atoms with Gasteiger partial charge in [0, 0.05) is 6.54 Å². The highest BCUT2D eigenvalue weighted by Gasteiger charge is 2.43. The number of carbonyl (C=O) groups excluding carboxylic acids is 1. The molecule has 7 heteroatoms. The first kappa shape index (κ1) is 24.6. The number of halogens is 1. The SMILES string of the molecule is CCCCOc1ccc(C2c3c(oc4ccccc4c3=O)C(=O)N2Cc2ccc(F)cc2)cc1OCC. The Morgan fingerprint density at radius 3 is 2.49 bits per heavy atom. The summed E-state index contributed by atoms with van der Waals surface area (Å²) >= 11 is 0. The van der Waals surface area contributed by atoms with Gasteiger partial charge in [-0.3, -0.25) is 9.59 Å². The van der Waals surface area contributed by atoms with Crippen LogP contribution < -0.4 is 14.9 Å². The second-order valence-corrected chi connectivity index (χ2v) is 8.97. The topological polar surface area (TPSA) is 69.0 Å². The molecule has 6 nitrogen and oxygen atoms in total. The van der Waals surface area contributed by atoms with Gasteiger partial charge in [0.15, 0.2) is 16.9 Å². The van der Waals surface area contributed by atoms with Crippen LogP contribution in [0.3, 0.4) is 0 Å². The molecule has 1 unspecified atom stereocenters. The average Bonchev–Trinajstić information content (AvgIpc) is 3.18. The summed E-state index contributed by atoms with van der Waals surface area (Å²) < 4.78 is 31.4. The fourth-order valence-corrected chi connectivity index (χ4v) is 4.67. The van der Waals surface area contributed by atoms with Crippen molar-refractivity contribution in [3.8, 4) is 11.5 Å². The van der Waals surface area contributed by atoms with Crippen LogP contribution in [0.25, 0.3) is 11.0 Å². The molecule has 0 radical (unpaired) electrons. The van der Waals surface area contributed by atoms with Gasteiger partial charge in [-0.05, 0) is 60.9 Å². The first-order valence-corrected chi connectivity index (χ1v) is 12.5. The molecule has 0 aliphatic carbocycles. The lowest BCUT2D eigenvalue weighted by Crippen LogP contribution is -2.29. The summed E-state index contributed by atoms with van der Waals surface area (Å²) in [4.78, 5) is 29.0. The van der Waals surface area contributed by atoms with Crippen LogP contribution in [0.5, 0.6) is 11.5 Å². The Kier molecular flexibility index (Phi) is 6.95. The highest BCUT2D eigenvalue weighted by atomic mass is 19.1. The van der Waals surface area contributed by atoms with Crippen LogP contribution in [0.15, 0.2) is 75.9 Å². The van der Waals surface area contributed by atoms with E-state index in [0.717, 1.165) is 18.4 Å². The van der Waals surface area contributed by atoms with Crippen LogP contribution in [-0.4, -0.2) is 24.0 Å². The quantitative estimate of drug-likeness (QED) is 0.253. The number of para-hydroxylation sites is 1. The molecule has 0 bridgehead atoms. The summed E-state index contributed by atoms with van der Waals surface area (Å²) in [6, 6.07) is 17.6. The normalized spacial score (nSPS) is 14.7. The minimum atomic E-state index is -0.711. The van der Waals surface area contributed by atoms with E-state index >= 15 is 0 Å². The Morgan fingerprint density at radius 2 is 1.73 bits per heavy atom. The van der Waals surface area contributed by atoms with Crippen molar-refractivity contribution in [2.45, 2.75) is 39.3 Å². The number of unbranched alkanes of at least 4 members (excludes halogenated alkanes) is 1. The van der Waals surface area contributed by atoms with Crippen molar-refractivity contribution < 1.29 is 23.1 Å². The van der Waals surface area contributed by atoms with Gasteiger partial charge >= 0.3 is 0 Å². The van der Waals surface area contributed by atoms with Crippen molar-refractivity contribution in [2.24, 2.45) is 0 Å². The van der Waals surface area contributed by atoms with Crippen LogP contribution >= 0.6 is 0 Å². The lowest BCUT2D eigenvalue weighted by Gasteiger charge is -2.26. The van der Waals surface area contributed by atoms with E-state index in [9.17, 15) is 14.0 Å². The number of fused-ring (bicyclic) bond motifs is 2. The minimum absolute atomic E-state index is 0.0250. The Balaban J connectivity index is 1.64. The largest absolute Gasteiger partial charge is 0.490 e. The van der Waals surface area contributed by atoms with Gasteiger partial charge in [0.05, 0.1) is 30.2 Å². The molecule has 1 aliphatic rings. The predicted molar refractivity (Wildman–Crippen MR) is 139 cm³/mol. The molecule has 2 heterocycles. The van der Waals surface area contributed by atoms with Crippen LogP contribution in [-0.2, 0) is 6.54 Å². The lowest BCUT2D eigenvalue weighted by molar-refractivity contribution is 0.0714. The molecular formula is C30H28FNO5. The third-order valence-corrected chi connectivity index (χ3v) is 6.48. The van der Waals surface area contributed by atoms with E-state index in [1.54, 1.807) is 41.3 Å². The molecule has 190 valence electrons. The van der Waals surface area contributed by atoms with Gasteiger partial charge in [-0.2, -0.15) is 0 Å². The van der Waals surface area contributed by atoms with Gasteiger partial charge < -0.3 is 18.8 Å². The van der Waals surface area contributed by atoms with Crippen LogP contribution in [0.1, 0.15) is 60.0 Å². The van der Waals surface area contributed by atoms with Crippen molar-refractivity contribution in [1.29, 1.82) is 0 Å². The van der Waals surface area contributed by atoms with E-state index in [1.807, 2.05) is 25.1 Å². The highest BCUT2D eigenvalue weighted by molar-refractivity contribution is 5.99. The number of rotatable bonds is 9. The van der Waals surface area contributed by atoms with E-state index in [1.165, 1.54) is 12.1 Å². The summed E-state index contributed by atoms with van der Waals surface area (Å²) in [7, 11) is 0. The molecule has 0 N–H and O–H groups in total. The Hall–Kier alpha value is -4.13. The van der Waals surface area contributed by atoms with Gasteiger partial charge in [0.2, 0.25) is 5.76 Å². The summed E-state index contributed by atoms with van der Waals surface area (Å²) in [5.41, 5.74) is 1.82. The lowest BCUT2D eigenvalue weighted by atomic mass is 9.97. The third kappa shape index (κ3) is 4.69. The molecule has 1 aliphatic heterocycles. The summed E-state index contributed by atoms with van der Waals surface area (Å²) in [5, 5.41) is 0.409. The van der Waals surface area contributed by atoms with Crippen LogP contribution in [0, 0.1) is 5.82 Å². The van der Waals surface area contributed by atoms with Gasteiger partial charge in [-0.15, -0.1) is 0 Å². The third-order valence-electron chi connectivity index (χ3n) is 6.48. The first-order chi connectivity index (χ1) is 18.0. The van der Waals surface area contributed by atoms with E-state index in [2.05, 4.69) is 6.92 Å². The molecule has 3 aromatic carbocycles. The Labute approximate surface area is 214 Å². The fraction of sp³-hybridized carbons (Fsp3) is 0.267. The van der Waals surface area contributed by atoms with E-state index in [0.29, 0.717) is 41.2 Å². The summed E-state index contributed by atoms with van der Waals surface area (Å²) in [6.07, 6.45) is 1.92. The van der Waals surface area contributed by atoms with E-state index in [-0.39, 0.29) is 29.1 Å². The molecule has 0 fully saturated rings. The zero-order chi connectivity index (χ0) is 25.9. The number of nitrogens with zero attached hydrogens (tertiary/aromatic N) is 1. The Bertz CT molecular complexity index is 1490. The average molecular weight is 502 g/mol. The molecule has 1 atom stereocenters. The number of hydrogen-bond acceptors (Lipinski definition) is 5. The zero-order valence-corrected chi connectivity index (χ0v) is 20.8. The smallest absolute Gasteiger partial charge is 0.291 e. The number of benzene rings is 3. The Morgan fingerprint density at radius 1 is 0.946 bits per heavy atom. The van der Waals surface area contributed by atoms with Crippen molar-refractivity contribution in [3.05, 3.63) is 105 Å². The number of carbonyl (C=O) groups is 1. The van der Waals surface area contributed by atoms with Gasteiger partial charge in [-0.1, -0.05) is 43.7 Å². The maximum atomic E-state index is 13.7. The van der Waals surface area contributed by atoms with Gasteiger partial charge in [0.25, 0.3) is 5.91 Å². The van der Waals surface area contributed by atoms with Crippen molar-refractivity contribution in [3.63, 3.8) is 0 Å². The van der Waals surface area contributed by atoms with Crippen molar-refractivity contribution >= 4 is 16.9 Å². The zero-order valence-electron chi connectivity index (χ0n) is 20.8. The maximum absolute atomic E-state index is 13.7. The number of hydrogen-bond donors (Lipinski definition) is 0. The molecular weight excluding hydrogens is 473 g/mol. The predicted octanol–water partition coefficient (Wildman–Crippen LogP) is 6.26. The van der Waals surface area contributed by atoms with E-state index < -0.39 is 11.9 Å². The molecule has 0 saturated carbocycles. The molecule has 1 amide bonds. The fourth-order valence-electron chi connectivity index (χ4n) is 4.67. The summed E-state index contributed by atoms with van der Waals surface area (Å²) in [6.45, 7) is 5.14. The molecule has 37 heavy (non-hydrogen) atoms. The van der Waals surface area contributed by atoms with Crippen molar-refractivity contribution in [2.75, 3.05) is 13.2 Å². The standard InChI is InChI=1S/C30H28FNO5/c1-3-5-16-36-24-15-12-20(17-25(24)35-4-2)27-26-28(33)22-8-6-7-9-23(22)37-29(26)30(34)32(27)18-19-10-13-21(31)14-11-19/h6-15,17,27H,3-5,16,18H2,1-2H3. The molecule has 5 rings (SSSR count).